The Labute approximate surface area is 403 Å². The minimum atomic E-state index is -1.07. The van der Waals surface area contributed by atoms with E-state index in [-0.39, 0.29) is 38.7 Å². The van der Waals surface area contributed by atoms with Crippen molar-refractivity contribution >= 4 is 69.9 Å². The van der Waals surface area contributed by atoms with Crippen LogP contribution in [0.1, 0.15) is 74.9 Å². The van der Waals surface area contributed by atoms with Gasteiger partial charge in [0.2, 0.25) is 0 Å². The number of benzene rings is 4. The maximum absolute atomic E-state index is 12.9. The predicted molar refractivity (Wildman–Crippen MR) is 259 cm³/mol. The topological polar surface area (TPSA) is 132 Å². The first-order chi connectivity index (χ1) is 31.4. The van der Waals surface area contributed by atoms with Crippen LogP contribution in [0.3, 0.4) is 0 Å². The van der Waals surface area contributed by atoms with E-state index in [0.717, 1.165) is 114 Å². The number of hydrogen-bond donors (Lipinski definition) is 2. The second kappa shape index (κ2) is 23.3. The molecule has 16 heteroatoms. The SMILES string of the molecule is O=C(O)COc1cccc(N2CCC(CN3CCC(Oc4ccc(Cl)c(Cl)c4)CC3)CC2)c1.O=C(O)c1ccccc1C(=O)N1CCC(N2CCC(Oc3ccc(Cl)c(Cl)c3)CC2)CC1.[HH].[HH]. The molecule has 4 aromatic rings. The summed E-state index contributed by atoms with van der Waals surface area (Å²) in [6, 6.07) is 25.4. The van der Waals surface area contributed by atoms with Crippen molar-refractivity contribution in [2.24, 2.45) is 5.92 Å². The summed E-state index contributed by atoms with van der Waals surface area (Å²) in [7, 11) is 0. The number of halogens is 4. The van der Waals surface area contributed by atoms with Crippen molar-refractivity contribution in [3.05, 3.63) is 116 Å². The smallest absolute Gasteiger partial charge is 0.341 e. The van der Waals surface area contributed by atoms with Crippen molar-refractivity contribution in [3.8, 4) is 17.2 Å². The number of carboxylic acids is 2. The Morgan fingerprint density at radius 3 is 1.71 bits per heavy atom. The van der Waals surface area contributed by atoms with Crippen molar-refractivity contribution in [3.63, 3.8) is 0 Å². The number of anilines is 1. The van der Waals surface area contributed by atoms with Gasteiger partial charge in [-0.3, -0.25) is 9.69 Å². The van der Waals surface area contributed by atoms with Crippen LogP contribution in [0.5, 0.6) is 17.2 Å². The van der Waals surface area contributed by atoms with Crippen LogP contribution in [0.15, 0.2) is 84.9 Å². The van der Waals surface area contributed by atoms with Gasteiger partial charge >= 0.3 is 11.9 Å². The summed E-state index contributed by atoms with van der Waals surface area (Å²) in [6.07, 6.45) is 8.35. The molecule has 2 N–H and O–H groups in total. The number of piperidine rings is 4. The van der Waals surface area contributed by atoms with Gasteiger partial charge in [0.15, 0.2) is 6.61 Å². The predicted octanol–water partition coefficient (Wildman–Crippen LogP) is 10.5. The standard InChI is InChI=1S/C25H30Cl2N2O4.C24H26Cl2N2O4.2H2/c26-23-5-4-22(15-24(23)27)33-20-8-10-28(11-9-20)16-18-6-12-29(13-7-18)19-2-1-3-21(14-19)32-17-25(30)31;25-21-6-5-18(15-22(21)26)32-17-9-13-27(14-10-17)16-7-11-28(12-8-16)23(29)19-3-1-2-4-20(19)24(30)31;;/h1-5,14-15,18,20H,6-13,16-17H2,(H,30,31);1-6,15-17H,7-14H2,(H,30,31);2*1H. The molecule has 4 saturated heterocycles. The van der Waals surface area contributed by atoms with E-state index in [9.17, 15) is 19.5 Å². The largest absolute Gasteiger partial charge is 0.490 e. The van der Waals surface area contributed by atoms with E-state index in [0.29, 0.717) is 50.9 Å². The molecule has 4 fully saturated rings. The summed E-state index contributed by atoms with van der Waals surface area (Å²) in [4.78, 5) is 44.2. The molecule has 0 atom stereocenters. The summed E-state index contributed by atoms with van der Waals surface area (Å²) in [5.41, 5.74) is 1.42. The summed E-state index contributed by atoms with van der Waals surface area (Å²) >= 11 is 24.1. The van der Waals surface area contributed by atoms with Crippen molar-refractivity contribution in [1.82, 2.24) is 14.7 Å². The Morgan fingerprint density at radius 1 is 0.585 bits per heavy atom. The van der Waals surface area contributed by atoms with Crippen molar-refractivity contribution < 1.29 is 41.7 Å². The Hall–Kier alpha value is -4.43. The molecular formula is C49H60Cl4N4O8. The van der Waals surface area contributed by atoms with Crippen LogP contribution in [-0.4, -0.2) is 127 Å². The summed E-state index contributed by atoms with van der Waals surface area (Å²) in [5.74, 6) is 0.582. The maximum atomic E-state index is 12.9. The second-order valence-corrected chi connectivity index (χ2v) is 18.7. The molecule has 0 aliphatic carbocycles. The molecule has 4 heterocycles. The Morgan fingerprint density at radius 2 is 1.15 bits per heavy atom. The van der Waals surface area contributed by atoms with E-state index in [2.05, 4.69) is 20.8 Å². The third-order valence-electron chi connectivity index (χ3n) is 12.7. The van der Waals surface area contributed by atoms with Gasteiger partial charge in [-0.15, -0.1) is 0 Å². The molecule has 0 spiro atoms. The molecule has 0 radical (unpaired) electrons. The zero-order chi connectivity index (χ0) is 45.9. The molecule has 4 aliphatic rings. The highest BCUT2D eigenvalue weighted by Gasteiger charge is 2.32. The van der Waals surface area contributed by atoms with Crippen LogP contribution in [0.4, 0.5) is 5.69 Å². The number of carbonyl (C=O) groups excluding carboxylic acids is 1. The van der Waals surface area contributed by atoms with Gasteiger partial charge in [-0.05, 0) is 106 Å². The van der Waals surface area contributed by atoms with Gasteiger partial charge in [-0.1, -0.05) is 64.6 Å². The quantitative estimate of drug-likeness (QED) is 0.133. The molecule has 8 rings (SSSR count). The van der Waals surface area contributed by atoms with E-state index < -0.39 is 11.9 Å². The number of aliphatic carboxylic acids is 1. The Kier molecular flexibility index (Phi) is 17.4. The van der Waals surface area contributed by atoms with Crippen LogP contribution >= 0.6 is 46.4 Å². The van der Waals surface area contributed by atoms with Crippen LogP contribution in [0.25, 0.3) is 0 Å². The molecule has 0 saturated carbocycles. The normalized spacial score (nSPS) is 18.4. The van der Waals surface area contributed by atoms with Gasteiger partial charge in [0.1, 0.15) is 29.5 Å². The van der Waals surface area contributed by atoms with Crippen LogP contribution in [-0.2, 0) is 4.79 Å². The minimum Gasteiger partial charge on any atom is -0.490 e. The van der Waals surface area contributed by atoms with Crippen molar-refractivity contribution in [2.45, 2.75) is 69.6 Å². The summed E-state index contributed by atoms with van der Waals surface area (Å²) in [5, 5.41) is 20.2. The fraction of sp³-hybridized carbons (Fsp3) is 0.449. The average Bonchev–Trinajstić information content (AvgIpc) is 3.32. The molecule has 352 valence electrons. The van der Waals surface area contributed by atoms with Crippen LogP contribution in [0, 0.1) is 5.92 Å². The Bertz CT molecular complexity index is 2250. The Balaban J connectivity index is 0.000000244. The zero-order valence-corrected chi connectivity index (χ0v) is 39.3. The third kappa shape index (κ3) is 13.8. The first kappa shape index (κ1) is 48.5. The van der Waals surface area contributed by atoms with E-state index in [1.54, 1.807) is 53.4 Å². The highest BCUT2D eigenvalue weighted by Crippen LogP contribution is 2.32. The molecule has 1 amide bonds. The van der Waals surface area contributed by atoms with E-state index in [1.165, 1.54) is 6.07 Å². The average molecular weight is 975 g/mol. The number of ether oxygens (including phenoxy) is 3. The monoisotopic (exact) mass is 972 g/mol. The number of carbonyl (C=O) groups is 3. The number of rotatable bonds is 13. The molecule has 0 unspecified atom stereocenters. The molecule has 65 heavy (non-hydrogen) atoms. The van der Waals surface area contributed by atoms with Gasteiger partial charge in [0, 0.05) is 91.7 Å². The molecule has 4 aliphatic heterocycles. The maximum Gasteiger partial charge on any atom is 0.341 e. The first-order valence-corrected chi connectivity index (χ1v) is 23.9. The van der Waals surface area contributed by atoms with Gasteiger partial charge in [0.25, 0.3) is 5.91 Å². The molecular weight excluding hydrogens is 914 g/mol. The lowest BCUT2D eigenvalue weighted by Crippen LogP contribution is -2.50. The fourth-order valence-electron chi connectivity index (χ4n) is 9.17. The van der Waals surface area contributed by atoms with Gasteiger partial charge in [-0.25, -0.2) is 9.59 Å². The molecule has 0 bridgehead atoms. The lowest BCUT2D eigenvalue weighted by molar-refractivity contribution is -0.139. The third-order valence-corrected chi connectivity index (χ3v) is 14.2. The number of nitrogens with zero attached hydrogens (tertiary/aromatic N) is 4. The number of aromatic carboxylic acids is 1. The molecule has 0 aromatic heterocycles. The van der Waals surface area contributed by atoms with Crippen molar-refractivity contribution in [2.75, 3.05) is 70.4 Å². The lowest BCUT2D eigenvalue weighted by Gasteiger charge is -2.41. The molecule has 12 nitrogen and oxygen atoms in total. The first-order valence-electron chi connectivity index (χ1n) is 22.4. The molecule has 4 aromatic carbocycles. The fourth-order valence-corrected chi connectivity index (χ4v) is 9.74. The lowest BCUT2D eigenvalue weighted by atomic mass is 9.94. The highest BCUT2D eigenvalue weighted by molar-refractivity contribution is 6.42. The summed E-state index contributed by atoms with van der Waals surface area (Å²) in [6.45, 7) is 8.10. The number of hydrogen-bond acceptors (Lipinski definition) is 9. The minimum absolute atomic E-state index is 0. The number of amides is 1. The number of carboxylic acid groups (broad SMARTS) is 2. The van der Waals surface area contributed by atoms with Gasteiger partial charge in [-0.2, -0.15) is 0 Å². The highest BCUT2D eigenvalue weighted by atomic mass is 35.5. The number of likely N-dealkylation sites (tertiary alicyclic amines) is 3. The zero-order valence-electron chi connectivity index (χ0n) is 36.3. The second-order valence-electron chi connectivity index (χ2n) is 17.1. The van der Waals surface area contributed by atoms with Gasteiger partial charge in [0.05, 0.1) is 31.2 Å². The van der Waals surface area contributed by atoms with Gasteiger partial charge < -0.3 is 39.1 Å². The van der Waals surface area contributed by atoms with Crippen LogP contribution in [0.2, 0.25) is 20.1 Å². The van der Waals surface area contributed by atoms with Crippen molar-refractivity contribution in [1.29, 1.82) is 0 Å². The summed E-state index contributed by atoms with van der Waals surface area (Å²) < 4.78 is 17.5. The van der Waals surface area contributed by atoms with E-state index >= 15 is 0 Å². The van der Waals surface area contributed by atoms with E-state index in [4.69, 9.17) is 65.7 Å². The van der Waals surface area contributed by atoms with E-state index in [1.807, 2.05) is 24.3 Å². The van der Waals surface area contributed by atoms with Crippen LogP contribution < -0.4 is 19.1 Å².